The Kier molecular flexibility index (Phi) is 17.8. The van der Waals surface area contributed by atoms with Crippen LogP contribution in [0.5, 0.6) is 0 Å². The molecule has 4 heterocycles. The van der Waals surface area contributed by atoms with Gasteiger partial charge in [0.1, 0.15) is 19.3 Å². The van der Waals surface area contributed by atoms with E-state index in [0.29, 0.717) is 83.1 Å². The number of carbonyl (C=O) groups is 7. The summed E-state index contributed by atoms with van der Waals surface area (Å²) in [5.41, 5.74) is 28.7. The first-order chi connectivity index (χ1) is 43.8. The van der Waals surface area contributed by atoms with Crippen LogP contribution in [0.3, 0.4) is 0 Å². The fraction of sp³-hybridized carbons (Fsp3) is 0.257. The van der Waals surface area contributed by atoms with E-state index in [1.807, 2.05) is 167 Å². The lowest BCUT2D eigenvalue weighted by Gasteiger charge is -2.21. The summed E-state index contributed by atoms with van der Waals surface area (Å²) in [6.45, 7) is 14.4. The highest BCUT2D eigenvalue weighted by molar-refractivity contribution is 6.22. The van der Waals surface area contributed by atoms with Crippen LogP contribution in [0.1, 0.15) is 157 Å². The van der Waals surface area contributed by atoms with Crippen LogP contribution in [0, 0.1) is 27.7 Å². The van der Waals surface area contributed by atoms with E-state index in [1.165, 1.54) is 0 Å². The highest BCUT2D eigenvalue weighted by Gasteiger charge is 2.33. The molecule has 0 bridgehead atoms. The lowest BCUT2D eigenvalue weighted by atomic mass is 9.93. The first-order valence-corrected chi connectivity index (χ1v) is 30.8. The van der Waals surface area contributed by atoms with Crippen molar-refractivity contribution in [3.05, 3.63) is 200 Å². The average Bonchev–Trinajstić information content (AvgIpc) is 1.65. The zero-order valence-electron chi connectivity index (χ0n) is 52.0. The van der Waals surface area contributed by atoms with Gasteiger partial charge in [-0.25, -0.2) is 0 Å². The van der Waals surface area contributed by atoms with Crippen molar-refractivity contribution in [2.75, 3.05) is 23.0 Å². The summed E-state index contributed by atoms with van der Waals surface area (Å²) in [7, 11) is 0. The number of aryl methyl sites for hydroxylation is 2. The molecule has 2 atom stereocenters. The number of carbonyl (C=O) groups excluding carboxylic acids is 7. The van der Waals surface area contributed by atoms with Crippen LogP contribution in [0.2, 0.25) is 0 Å². The number of hydrogen-bond acceptors (Lipinski definition) is 11. The maximum absolute atomic E-state index is 13.5. The number of rotatable bonds is 19. The second-order valence-corrected chi connectivity index (χ2v) is 23.5. The van der Waals surface area contributed by atoms with Gasteiger partial charge in [0.2, 0.25) is 0 Å². The number of amides is 4. The Labute approximate surface area is 526 Å². The molecule has 10 aromatic rings. The van der Waals surface area contributed by atoms with Gasteiger partial charge in [-0.05, 0) is 151 Å². The molecule has 0 saturated carbocycles. The van der Waals surface area contributed by atoms with E-state index in [9.17, 15) is 38.7 Å². The standard InChI is InChI=1S/C39H39N3O6.C35H33N3O5/c1-5-8-34(43)47-21-33(48-35(44)9-6-2)24-14-15-28-31(19-24)41-37-29(38(40)45)17-16-27(36(28)37)26-10-7-11-32(23(26)4)42-20-25-13-12-22(3)18-30(25)39(42)46;1-4-6-31(40)43-18-30(39)21-11-12-25-28(16-21)37-33-26(34(36)41)14-13-24(32(25)33)23-7-5-8-29(20(23)3)38-17-22-10-9-19(2)15-27(22)35(38)42/h7,10-19,33,41H,5-6,8-9,20-21H2,1-4H3,(H2,40,45);5,7-16,30,37,39H,4,6,17-18H2,1-3H3,(H2,36,41). The lowest BCUT2D eigenvalue weighted by molar-refractivity contribution is -0.159. The van der Waals surface area contributed by atoms with Crippen LogP contribution < -0.4 is 21.3 Å². The van der Waals surface area contributed by atoms with Crippen LogP contribution in [-0.2, 0) is 41.7 Å². The van der Waals surface area contributed by atoms with Crippen molar-refractivity contribution < 1.29 is 52.9 Å². The molecule has 0 spiro atoms. The van der Waals surface area contributed by atoms with Crippen molar-refractivity contribution in [3.8, 4) is 22.3 Å². The molecule has 12 rings (SSSR count). The van der Waals surface area contributed by atoms with E-state index in [4.69, 9.17) is 25.7 Å². The number of benzene rings is 8. The van der Waals surface area contributed by atoms with Crippen LogP contribution in [-0.4, -0.2) is 69.8 Å². The number of nitrogens with zero attached hydrogens (tertiary/aromatic N) is 2. The molecule has 0 radical (unpaired) electrons. The lowest BCUT2D eigenvalue weighted by Crippen LogP contribution is -2.24. The van der Waals surface area contributed by atoms with E-state index in [1.54, 1.807) is 24.3 Å². The van der Waals surface area contributed by atoms with Crippen LogP contribution >= 0.6 is 0 Å². The van der Waals surface area contributed by atoms with Gasteiger partial charge in [0, 0.05) is 74.3 Å². The van der Waals surface area contributed by atoms with Crippen molar-refractivity contribution in [1.29, 1.82) is 0 Å². The second kappa shape index (κ2) is 26.0. The third-order valence-corrected chi connectivity index (χ3v) is 17.2. The molecule has 17 heteroatoms. The number of aromatic amines is 2. The molecule has 0 saturated heterocycles. The number of aliphatic hydroxyl groups is 1. The third-order valence-electron chi connectivity index (χ3n) is 17.2. The smallest absolute Gasteiger partial charge is 0.306 e. The topological polar surface area (TPSA) is 258 Å². The Morgan fingerprint density at radius 3 is 1.41 bits per heavy atom. The molecular formula is C74H72N6O11. The maximum Gasteiger partial charge on any atom is 0.306 e. The number of hydrogen-bond donors (Lipinski definition) is 5. The van der Waals surface area contributed by atoms with E-state index >= 15 is 0 Å². The zero-order valence-corrected chi connectivity index (χ0v) is 52.0. The molecule has 91 heavy (non-hydrogen) atoms. The predicted molar refractivity (Wildman–Crippen MR) is 353 cm³/mol. The molecule has 2 aliphatic heterocycles. The highest BCUT2D eigenvalue weighted by atomic mass is 16.6. The SMILES string of the molecule is CCCC(=O)OCC(O)c1ccc2c(c1)[nH]c1c(C(N)=O)ccc(-c3cccc(N4Cc5ccc(C)cc5C4=O)c3C)c12.CCCC(=O)OCC(OC(=O)CCC)c1ccc2c(c1)[nH]c1c(C(N)=O)ccc(-c3cccc(N4Cc5ccc(C)cc5C4=O)c3C)c12. The number of nitrogens with two attached hydrogens (primary N) is 2. The maximum atomic E-state index is 13.5. The van der Waals surface area contributed by atoms with E-state index in [2.05, 4.69) is 9.97 Å². The summed E-state index contributed by atoms with van der Waals surface area (Å²) in [5, 5.41) is 14.0. The summed E-state index contributed by atoms with van der Waals surface area (Å²) < 4.78 is 16.4. The van der Waals surface area contributed by atoms with Crippen molar-refractivity contribution in [1.82, 2.24) is 9.97 Å². The van der Waals surface area contributed by atoms with Gasteiger partial charge in [-0.1, -0.05) is 117 Å². The Balaban J connectivity index is 0.000000188. The largest absolute Gasteiger partial charge is 0.463 e. The van der Waals surface area contributed by atoms with Gasteiger partial charge in [-0.2, -0.15) is 0 Å². The Bertz CT molecular complexity index is 4610. The number of primary amides is 2. The molecule has 4 amide bonds. The van der Waals surface area contributed by atoms with Crippen LogP contribution in [0.25, 0.3) is 65.9 Å². The van der Waals surface area contributed by atoms with Gasteiger partial charge >= 0.3 is 17.9 Å². The number of fused-ring (bicyclic) bond motifs is 8. The van der Waals surface area contributed by atoms with E-state index in [-0.39, 0.29) is 55.8 Å². The number of anilines is 2. The first kappa shape index (κ1) is 62.2. The molecule has 8 aromatic carbocycles. The van der Waals surface area contributed by atoms with Gasteiger partial charge in [0.15, 0.2) is 6.10 Å². The molecular weight excluding hydrogens is 1150 g/mol. The van der Waals surface area contributed by atoms with Gasteiger partial charge in [0.05, 0.1) is 35.2 Å². The molecule has 17 nitrogen and oxygen atoms in total. The number of aliphatic hydroxyl groups excluding tert-OH is 1. The Hall–Kier alpha value is -10.4. The normalized spacial score (nSPS) is 13.3. The average molecular weight is 1220 g/mol. The molecule has 0 fully saturated rings. The molecule has 7 N–H and O–H groups in total. The number of nitrogens with one attached hydrogen (secondary N) is 2. The van der Waals surface area contributed by atoms with Gasteiger partial charge in [-0.15, -0.1) is 0 Å². The summed E-state index contributed by atoms with van der Waals surface area (Å²) in [6.07, 6.45) is 0.948. The van der Waals surface area contributed by atoms with Crippen molar-refractivity contribution in [2.24, 2.45) is 11.5 Å². The fourth-order valence-corrected chi connectivity index (χ4v) is 12.6. The highest BCUT2D eigenvalue weighted by Crippen LogP contribution is 2.44. The Morgan fingerprint density at radius 2 is 0.945 bits per heavy atom. The molecule has 2 aliphatic rings. The zero-order chi connectivity index (χ0) is 64.5. The van der Waals surface area contributed by atoms with E-state index < -0.39 is 24.0 Å². The molecule has 2 unspecified atom stereocenters. The minimum absolute atomic E-state index is 0.0215. The summed E-state index contributed by atoms with van der Waals surface area (Å²) in [4.78, 5) is 98.9. The van der Waals surface area contributed by atoms with Gasteiger partial charge in [-0.3, -0.25) is 33.6 Å². The minimum atomic E-state index is -1.00. The van der Waals surface area contributed by atoms with Crippen molar-refractivity contribution in [2.45, 2.75) is 112 Å². The fourth-order valence-electron chi connectivity index (χ4n) is 12.6. The minimum Gasteiger partial charge on any atom is -0.463 e. The number of aromatic nitrogens is 2. The van der Waals surface area contributed by atoms with Crippen molar-refractivity contribution >= 4 is 96.5 Å². The predicted octanol–water partition coefficient (Wildman–Crippen LogP) is 13.8. The van der Waals surface area contributed by atoms with Gasteiger partial charge in [0.25, 0.3) is 23.6 Å². The molecule has 0 aliphatic carbocycles. The first-order valence-electron chi connectivity index (χ1n) is 30.8. The quantitative estimate of drug-likeness (QED) is 0.0376. The monoisotopic (exact) mass is 1220 g/mol. The Morgan fingerprint density at radius 1 is 0.505 bits per heavy atom. The van der Waals surface area contributed by atoms with Crippen molar-refractivity contribution in [3.63, 3.8) is 0 Å². The summed E-state index contributed by atoms with van der Waals surface area (Å²) in [5.74, 6) is -2.28. The van der Waals surface area contributed by atoms with Crippen LogP contribution in [0.15, 0.2) is 133 Å². The number of ether oxygens (including phenoxy) is 3. The van der Waals surface area contributed by atoms with Crippen LogP contribution in [0.4, 0.5) is 11.4 Å². The molecule has 464 valence electrons. The van der Waals surface area contributed by atoms with Gasteiger partial charge < -0.3 is 50.6 Å². The third kappa shape index (κ3) is 12.2. The van der Waals surface area contributed by atoms with E-state index in [0.717, 1.165) is 99.7 Å². The summed E-state index contributed by atoms with van der Waals surface area (Å²) in [6, 6.07) is 42.1. The number of H-pyrrole nitrogens is 2. The second-order valence-electron chi connectivity index (χ2n) is 23.5. The summed E-state index contributed by atoms with van der Waals surface area (Å²) >= 11 is 0. The molecule has 2 aromatic heterocycles. The number of esters is 3.